The van der Waals surface area contributed by atoms with Crippen molar-refractivity contribution in [3.63, 3.8) is 0 Å². The van der Waals surface area contributed by atoms with Gasteiger partial charge in [-0.15, -0.1) is 0 Å². The van der Waals surface area contributed by atoms with E-state index in [4.69, 9.17) is 0 Å². The summed E-state index contributed by atoms with van der Waals surface area (Å²) >= 11 is 0. The van der Waals surface area contributed by atoms with Gasteiger partial charge in [-0.05, 0) is 45.7 Å². The summed E-state index contributed by atoms with van der Waals surface area (Å²) in [4.78, 5) is 2.50. The number of rotatable bonds is 1. The molecule has 0 aromatic carbocycles. The summed E-state index contributed by atoms with van der Waals surface area (Å²) in [6.45, 7) is 5.33. The molecule has 1 N–H and O–H groups in total. The third-order valence-electron chi connectivity index (χ3n) is 5.65. The van der Waals surface area contributed by atoms with Gasteiger partial charge >= 0.3 is 0 Å². The lowest BCUT2D eigenvalue weighted by Gasteiger charge is -2.45. The molecule has 3 fully saturated rings. The van der Waals surface area contributed by atoms with Gasteiger partial charge in [0.1, 0.15) is 0 Å². The molecule has 0 radical (unpaired) electrons. The van der Waals surface area contributed by atoms with Crippen LogP contribution in [-0.4, -0.2) is 55.5 Å². The lowest BCUT2D eigenvalue weighted by Crippen LogP contribution is -2.57. The van der Waals surface area contributed by atoms with Crippen LogP contribution in [0.5, 0.6) is 0 Å². The Labute approximate surface area is 123 Å². The molecule has 2 aliphatic heterocycles. The van der Waals surface area contributed by atoms with Crippen molar-refractivity contribution in [3.05, 3.63) is 0 Å². The predicted octanol–water partition coefficient (Wildman–Crippen LogP) is 1.56. The van der Waals surface area contributed by atoms with Gasteiger partial charge in [0, 0.05) is 17.6 Å². The molecule has 1 atom stereocenters. The van der Waals surface area contributed by atoms with E-state index in [9.17, 15) is 8.42 Å². The van der Waals surface area contributed by atoms with Crippen molar-refractivity contribution < 1.29 is 8.42 Å². The molecule has 5 heteroatoms. The molecule has 2 heterocycles. The van der Waals surface area contributed by atoms with Crippen molar-refractivity contribution in [1.29, 1.82) is 0 Å². The summed E-state index contributed by atoms with van der Waals surface area (Å²) < 4.78 is 23.8. The van der Waals surface area contributed by atoms with Crippen LogP contribution in [0, 0.1) is 0 Å². The van der Waals surface area contributed by atoms with Crippen molar-refractivity contribution in [1.82, 2.24) is 10.2 Å². The van der Waals surface area contributed by atoms with Crippen molar-refractivity contribution in [2.24, 2.45) is 0 Å². The molecule has 3 aliphatic rings. The number of hydrogen-bond donors (Lipinski definition) is 1. The first-order valence-electron chi connectivity index (χ1n) is 8.14. The molecular weight excluding hydrogens is 272 g/mol. The van der Waals surface area contributed by atoms with Crippen LogP contribution < -0.4 is 5.32 Å². The van der Waals surface area contributed by atoms with E-state index in [2.05, 4.69) is 17.1 Å². The van der Waals surface area contributed by atoms with Gasteiger partial charge in [0.15, 0.2) is 9.84 Å². The Hall–Kier alpha value is -0.130. The molecule has 0 amide bonds. The summed E-state index contributed by atoms with van der Waals surface area (Å²) in [5.41, 5.74) is 0.124. The van der Waals surface area contributed by atoms with E-state index < -0.39 is 9.84 Å². The summed E-state index contributed by atoms with van der Waals surface area (Å²) in [6.07, 6.45) is 8.45. The highest BCUT2D eigenvalue weighted by Gasteiger charge is 2.46. The summed E-state index contributed by atoms with van der Waals surface area (Å²) in [7, 11) is -2.82. The SMILES string of the molecule is CC1(N2CCCNC3(CCCCC3)C2)CCS(=O)(=O)C1. The largest absolute Gasteiger partial charge is 0.310 e. The topological polar surface area (TPSA) is 49.4 Å². The van der Waals surface area contributed by atoms with Crippen molar-refractivity contribution >= 4 is 9.84 Å². The van der Waals surface area contributed by atoms with Gasteiger partial charge in [-0.25, -0.2) is 8.42 Å². The van der Waals surface area contributed by atoms with E-state index in [1.807, 2.05) is 0 Å². The van der Waals surface area contributed by atoms with Crippen LogP contribution in [0.1, 0.15) is 51.9 Å². The third kappa shape index (κ3) is 2.90. The van der Waals surface area contributed by atoms with Crippen molar-refractivity contribution in [2.75, 3.05) is 31.1 Å². The average molecular weight is 300 g/mol. The zero-order chi connectivity index (χ0) is 14.3. The second-order valence-electron chi connectivity index (χ2n) is 7.38. The number of nitrogens with one attached hydrogen (secondary N) is 1. The number of hydrogen-bond acceptors (Lipinski definition) is 4. The zero-order valence-corrected chi connectivity index (χ0v) is 13.5. The zero-order valence-electron chi connectivity index (χ0n) is 12.7. The lowest BCUT2D eigenvalue weighted by molar-refractivity contribution is 0.0824. The molecule has 0 aromatic heterocycles. The summed E-state index contributed by atoms with van der Waals surface area (Å²) in [6, 6.07) is 0. The van der Waals surface area contributed by atoms with Crippen LogP contribution in [-0.2, 0) is 9.84 Å². The molecule has 4 nitrogen and oxygen atoms in total. The van der Waals surface area contributed by atoms with E-state index in [1.165, 1.54) is 32.1 Å². The monoisotopic (exact) mass is 300 g/mol. The second-order valence-corrected chi connectivity index (χ2v) is 9.57. The molecule has 3 rings (SSSR count). The van der Waals surface area contributed by atoms with E-state index >= 15 is 0 Å². The van der Waals surface area contributed by atoms with E-state index in [-0.39, 0.29) is 11.1 Å². The van der Waals surface area contributed by atoms with Gasteiger partial charge in [0.2, 0.25) is 0 Å². The number of sulfone groups is 1. The molecule has 1 spiro atoms. The van der Waals surface area contributed by atoms with Crippen LogP contribution >= 0.6 is 0 Å². The predicted molar refractivity (Wildman–Crippen MR) is 81.7 cm³/mol. The maximum absolute atomic E-state index is 11.9. The Kier molecular flexibility index (Phi) is 3.89. The molecule has 1 saturated carbocycles. The van der Waals surface area contributed by atoms with Gasteiger partial charge < -0.3 is 5.32 Å². The van der Waals surface area contributed by atoms with Crippen LogP contribution in [0.4, 0.5) is 0 Å². The summed E-state index contributed by atoms with van der Waals surface area (Å²) in [5.74, 6) is 0.733. The van der Waals surface area contributed by atoms with Crippen molar-refractivity contribution in [2.45, 2.75) is 62.9 Å². The molecule has 2 saturated heterocycles. The second kappa shape index (κ2) is 5.25. The Balaban J connectivity index is 1.78. The minimum absolute atomic E-state index is 0.130. The molecule has 0 bridgehead atoms. The first-order valence-corrected chi connectivity index (χ1v) is 9.96. The average Bonchev–Trinajstić information content (AvgIpc) is 2.59. The number of nitrogens with zero attached hydrogens (tertiary/aromatic N) is 1. The third-order valence-corrected chi connectivity index (χ3v) is 7.54. The molecule has 116 valence electrons. The maximum atomic E-state index is 11.9. The van der Waals surface area contributed by atoms with Crippen LogP contribution in [0.25, 0.3) is 0 Å². The normalized spacial score (nSPS) is 37.9. The molecule has 0 aromatic rings. The fraction of sp³-hybridized carbons (Fsp3) is 1.00. The Morgan fingerprint density at radius 3 is 2.45 bits per heavy atom. The first kappa shape index (κ1) is 14.8. The van der Waals surface area contributed by atoms with Gasteiger partial charge in [-0.1, -0.05) is 19.3 Å². The molecular formula is C15H28N2O2S. The van der Waals surface area contributed by atoms with Crippen LogP contribution in [0.15, 0.2) is 0 Å². The fourth-order valence-electron chi connectivity index (χ4n) is 4.39. The Morgan fingerprint density at radius 1 is 1.05 bits per heavy atom. The Bertz CT molecular complexity index is 456. The van der Waals surface area contributed by atoms with E-state index in [0.717, 1.165) is 32.5 Å². The highest BCUT2D eigenvalue weighted by Crippen LogP contribution is 2.36. The molecule has 20 heavy (non-hydrogen) atoms. The highest BCUT2D eigenvalue weighted by molar-refractivity contribution is 7.91. The molecule has 1 unspecified atom stereocenters. The minimum atomic E-state index is -2.82. The van der Waals surface area contributed by atoms with E-state index in [0.29, 0.717) is 11.5 Å². The van der Waals surface area contributed by atoms with Crippen molar-refractivity contribution in [3.8, 4) is 0 Å². The summed E-state index contributed by atoms with van der Waals surface area (Å²) in [5, 5.41) is 3.80. The van der Waals surface area contributed by atoms with Gasteiger partial charge in [-0.3, -0.25) is 4.90 Å². The quantitative estimate of drug-likeness (QED) is 0.798. The first-order chi connectivity index (χ1) is 9.43. The van der Waals surface area contributed by atoms with Gasteiger partial charge in [-0.2, -0.15) is 0 Å². The fourth-order valence-corrected chi connectivity index (χ4v) is 6.56. The minimum Gasteiger partial charge on any atom is -0.310 e. The van der Waals surface area contributed by atoms with Crippen LogP contribution in [0.3, 0.4) is 0 Å². The van der Waals surface area contributed by atoms with Gasteiger partial charge in [0.05, 0.1) is 11.5 Å². The molecule has 1 aliphatic carbocycles. The lowest BCUT2D eigenvalue weighted by atomic mass is 9.80. The van der Waals surface area contributed by atoms with Crippen LogP contribution in [0.2, 0.25) is 0 Å². The standard InChI is InChI=1S/C15H28N2O2S/c1-14(8-11-20(18,19)13-14)17-10-5-9-16-15(12-17)6-3-2-4-7-15/h16H,2-13H2,1H3. The smallest absolute Gasteiger partial charge is 0.152 e. The Morgan fingerprint density at radius 2 is 1.80 bits per heavy atom. The van der Waals surface area contributed by atoms with E-state index in [1.54, 1.807) is 0 Å². The van der Waals surface area contributed by atoms with Gasteiger partial charge in [0.25, 0.3) is 0 Å². The highest BCUT2D eigenvalue weighted by atomic mass is 32.2. The maximum Gasteiger partial charge on any atom is 0.152 e.